The highest BCUT2D eigenvalue weighted by Crippen LogP contribution is 2.21. The first kappa shape index (κ1) is 12.7. The third-order valence-electron chi connectivity index (χ3n) is 2.48. The molecule has 0 spiro atoms. The lowest BCUT2D eigenvalue weighted by Gasteiger charge is -2.17. The highest BCUT2D eigenvalue weighted by atomic mass is 16.5. The summed E-state index contributed by atoms with van der Waals surface area (Å²) in [5.41, 5.74) is 3.63. The first-order valence-corrected chi connectivity index (χ1v) is 5.46. The molecule has 1 rings (SSSR count). The molecule has 0 unspecified atom stereocenters. The molecule has 0 fully saturated rings. The van der Waals surface area contributed by atoms with E-state index in [1.807, 2.05) is 12.1 Å². The van der Waals surface area contributed by atoms with Crippen molar-refractivity contribution >= 4 is 5.91 Å². The van der Waals surface area contributed by atoms with Gasteiger partial charge in [0.25, 0.3) is 5.91 Å². The Morgan fingerprint density at radius 2 is 1.81 bits per heavy atom. The van der Waals surface area contributed by atoms with E-state index in [9.17, 15) is 4.79 Å². The molecule has 88 valence electrons. The van der Waals surface area contributed by atoms with Gasteiger partial charge in [0.05, 0.1) is 0 Å². The minimum Gasteiger partial charge on any atom is -0.288 e. The number of amides is 1. The third kappa shape index (κ3) is 4.03. The summed E-state index contributed by atoms with van der Waals surface area (Å²) in [6.45, 7) is 6.63. The van der Waals surface area contributed by atoms with Crippen LogP contribution in [0, 0.1) is 5.41 Å². The number of hydrogen-bond acceptors (Lipinski definition) is 2. The molecule has 0 saturated heterocycles. The molecule has 0 aliphatic heterocycles. The summed E-state index contributed by atoms with van der Waals surface area (Å²) in [6.07, 6.45) is 2.11. The van der Waals surface area contributed by atoms with Crippen LogP contribution in [0.2, 0.25) is 0 Å². The summed E-state index contributed by atoms with van der Waals surface area (Å²) in [5, 5.41) is 8.47. The molecule has 0 saturated carbocycles. The summed E-state index contributed by atoms with van der Waals surface area (Å²) in [4.78, 5) is 11.1. The van der Waals surface area contributed by atoms with E-state index in [2.05, 4.69) is 20.8 Å². The lowest BCUT2D eigenvalue weighted by atomic mass is 9.88. The van der Waals surface area contributed by atoms with E-state index in [4.69, 9.17) is 5.21 Å². The van der Waals surface area contributed by atoms with Crippen LogP contribution in [0.15, 0.2) is 24.3 Å². The quantitative estimate of drug-likeness (QED) is 0.609. The molecule has 0 radical (unpaired) electrons. The molecule has 16 heavy (non-hydrogen) atoms. The molecule has 1 aromatic carbocycles. The van der Waals surface area contributed by atoms with Gasteiger partial charge < -0.3 is 0 Å². The van der Waals surface area contributed by atoms with Crippen molar-refractivity contribution in [1.82, 2.24) is 5.48 Å². The highest BCUT2D eigenvalue weighted by molar-refractivity contribution is 5.93. The highest BCUT2D eigenvalue weighted by Gasteiger charge is 2.10. The van der Waals surface area contributed by atoms with E-state index in [-0.39, 0.29) is 0 Å². The van der Waals surface area contributed by atoms with Crippen molar-refractivity contribution in [1.29, 1.82) is 0 Å². The standard InChI is InChI=1S/C13H19NO2/c1-13(2,3)9-8-10-4-6-11(7-5-10)12(15)14-16/h4-7,16H,8-9H2,1-3H3,(H,14,15). The van der Waals surface area contributed by atoms with Crippen LogP contribution < -0.4 is 5.48 Å². The summed E-state index contributed by atoms with van der Waals surface area (Å²) in [5.74, 6) is -0.470. The monoisotopic (exact) mass is 221 g/mol. The summed E-state index contributed by atoms with van der Waals surface area (Å²) >= 11 is 0. The molecular weight excluding hydrogens is 202 g/mol. The van der Waals surface area contributed by atoms with Crippen molar-refractivity contribution < 1.29 is 10.0 Å². The van der Waals surface area contributed by atoms with E-state index in [0.29, 0.717) is 11.0 Å². The van der Waals surface area contributed by atoms with Gasteiger partial charge in [-0.25, -0.2) is 5.48 Å². The van der Waals surface area contributed by atoms with Gasteiger partial charge in [-0.05, 0) is 36.0 Å². The number of hydroxylamine groups is 1. The number of hydrogen-bond donors (Lipinski definition) is 2. The maximum Gasteiger partial charge on any atom is 0.274 e. The summed E-state index contributed by atoms with van der Waals surface area (Å²) in [7, 11) is 0. The minimum atomic E-state index is -0.470. The number of carbonyl (C=O) groups is 1. The summed E-state index contributed by atoms with van der Waals surface area (Å²) in [6, 6.07) is 7.31. The molecule has 1 aromatic rings. The normalized spacial score (nSPS) is 11.2. The zero-order chi connectivity index (χ0) is 12.2. The molecule has 1 amide bonds. The molecule has 0 aromatic heterocycles. The second-order valence-corrected chi connectivity index (χ2v) is 5.20. The first-order chi connectivity index (χ1) is 7.42. The fraction of sp³-hybridized carbons (Fsp3) is 0.462. The van der Waals surface area contributed by atoms with Crippen LogP contribution >= 0.6 is 0 Å². The molecule has 3 heteroatoms. The lowest BCUT2D eigenvalue weighted by molar-refractivity contribution is 0.0706. The van der Waals surface area contributed by atoms with Crippen molar-refractivity contribution in [2.24, 2.45) is 5.41 Å². The van der Waals surface area contributed by atoms with Crippen LogP contribution in [0.5, 0.6) is 0 Å². The van der Waals surface area contributed by atoms with Gasteiger partial charge in [0.1, 0.15) is 0 Å². The van der Waals surface area contributed by atoms with Crippen molar-refractivity contribution in [3.63, 3.8) is 0 Å². The van der Waals surface area contributed by atoms with E-state index in [0.717, 1.165) is 12.8 Å². The van der Waals surface area contributed by atoms with Crippen molar-refractivity contribution in [2.45, 2.75) is 33.6 Å². The van der Waals surface area contributed by atoms with Crippen LogP contribution in [0.3, 0.4) is 0 Å². The van der Waals surface area contributed by atoms with Crippen molar-refractivity contribution in [3.8, 4) is 0 Å². The molecule has 0 atom stereocenters. The van der Waals surface area contributed by atoms with Crippen molar-refractivity contribution in [2.75, 3.05) is 0 Å². The molecule has 2 N–H and O–H groups in total. The lowest BCUT2D eigenvalue weighted by Crippen LogP contribution is -2.18. The molecule has 0 heterocycles. The van der Waals surface area contributed by atoms with Gasteiger partial charge in [-0.2, -0.15) is 0 Å². The van der Waals surface area contributed by atoms with Gasteiger partial charge in [-0.3, -0.25) is 10.0 Å². The van der Waals surface area contributed by atoms with Gasteiger partial charge in [-0.1, -0.05) is 32.9 Å². The van der Waals surface area contributed by atoms with Gasteiger partial charge in [0.15, 0.2) is 0 Å². The zero-order valence-electron chi connectivity index (χ0n) is 10.1. The molecular formula is C13H19NO2. The average molecular weight is 221 g/mol. The van der Waals surface area contributed by atoms with E-state index < -0.39 is 5.91 Å². The second-order valence-electron chi connectivity index (χ2n) is 5.20. The maximum absolute atomic E-state index is 11.1. The SMILES string of the molecule is CC(C)(C)CCc1ccc(C(=O)NO)cc1. The fourth-order valence-electron chi connectivity index (χ4n) is 1.41. The molecule has 0 aliphatic rings. The number of aryl methyl sites for hydroxylation is 1. The van der Waals surface area contributed by atoms with Gasteiger partial charge in [-0.15, -0.1) is 0 Å². The Morgan fingerprint density at radius 3 is 2.25 bits per heavy atom. The Hall–Kier alpha value is -1.35. The Labute approximate surface area is 96.4 Å². The Bertz CT molecular complexity index is 349. The van der Waals surface area contributed by atoms with Crippen LogP contribution in [0.4, 0.5) is 0 Å². The fourth-order valence-corrected chi connectivity index (χ4v) is 1.41. The van der Waals surface area contributed by atoms with E-state index in [1.54, 1.807) is 17.6 Å². The van der Waals surface area contributed by atoms with Gasteiger partial charge in [0, 0.05) is 5.56 Å². The number of nitrogens with one attached hydrogen (secondary N) is 1. The van der Waals surface area contributed by atoms with Gasteiger partial charge >= 0.3 is 0 Å². The van der Waals surface area contributed by atoms with Crippen LogP contribution in [0.25, 0.3) is 0 Å². The maximum atomic E-state index is 11.1. The zero-order valence-corrected chi connectivity index (χ0v) is 10.1. The van der Waals surface area contributed by atoms with Gasteiger partial charge in [0.2, 0.25) is 0 Å². The van der Waals surface area contributed by atoms with Crippen molar-refractivity contribution in [3.05, 3.63) is 35.4 Å². The van der Waals surface area contributed by atoms with Crippen LogP contribution in [-0.4, -0.2) is 11.1 Å². The smallest absolute Gasteiger partial charge is 0.274 e. The van der Waals surface area contributed by atoms with E-state index in [1.165, 1.54) is 5.56 Å². The number of rotatable bonds is 3. The Balaban J connectivity index is 2.62. The number of benzene rings is 1. The molecule has 3 nitrogen and oxygen atoms in total. The largest absolute Gasteiger partial charge is 0.288 e. The Kier molecular flexibility index (Phi) is 4.07. The average Bonchev–Trinajstić information content (AvgIpc) is 2.25. The number of carbonyl (C=O) groups excluding carboxylic acids is 1. The predicted molar refractivity (Wildman–Crippen MR) is 63.5 cm³/mol. The molecule has 0 bridgehead atoms. The van der Waals surface area contributed by atoms with Crippen LogP contribution in [0.1, 0.15) is 43.1 Å². The first-order valence-electron chi connectivity index (χ1n) is 5.46. The topological polar surface area (TPSA) is 49.3 Å². The summed E-state index contributed by atoms with van der Waals surface area (Å²) < 4.78 is 0. The minimum absolute atomic E-state index is 0.321. The van der Waals surface area contributed by atoms with E-state index >= 15 is 0 Å². The molecule has 0 aliphatic carbocycles. The Morgan fingerprint density at radius 1 is 1.25 bits per heavy atom. The third-order valence-corrected chi connectivity index (χ3v) is 2.48. The van der Waals surface area contributed by atoms with Crippen LogP contribution in [-0.2, 0) is 6.42 Å². The predicted octanol–water partition coefficient (Wildman–Crippen LogP) is 2.78. The second kappa shape index (κ2) is 5.12.